The molecule has 0 radical (unpaired) electrons. The summed E-state index contributed by atoms with van der Waals surface area (Å²) in [6.07, 6.45) is -0.456. The molecular formula is C15H11ClO2. The Labute approximate surface area is 110 Å². The number of carbonyl (C=O) groups is 1. The molecule has 1 saturated heterocycles. The summed E-state index contributed by atoms with van der Waals surface area (Å²) < 4.78 is 5.47. The summed E-state index contributed by atoms with van der Waals surface area (Å²) in [6, 6.07) is 16.7. The SMILES string of the molecule is O=C(c1ccc(Cl)cc1)[C@H]1O[C@@H]1c1ccccc1. The second-order valence-corrected chi connectivity index (χ2v) is 4.70. The normalized spacial score (nSPS) is 21.6. The number of Topliss-reactive ketones (excluding diaryl/α,β-unsaturated/α-hetero) is 1. The highest BCUT2D eigenvalue weighted by Gasteiger charge is 2.45. The van der Waals surface area contributed by atoms with Crippen LogP contribution in [-0.4, -0.2) is 11.9 Å². The lowest BCUT2D eigenvalue weighted by Crippen LogP contribution is -2.07. The van der Waals surface area contributed by atoms with E-state index in [9.17, 15) is 4.79 Å². The maximum atomic E-state index is 12.1. The number of halogens is 1. The monoisotopic (exact) mass is 258 g/mol. The average molecular weight is 259 g/mol. The fourth-order valence-electron chi connectivity index (χ4n) is 1.99. The largest absolute Gasteiger partial charge is 0.356 e. The molecule has 1 aliphatic heterocycles. The van der Waals surface area contributed by atoms with Crippen LogP contribution in [-0.2, 0) is 4.74 Å². The predicted molar refractivity (Wildman–Crippen MR) is 69.8 cm³/mol. The molecule has 0 unspecified atom stereocenters. The fraction of sp³-hybridized carbons (Fsp3) is 0.133. The van der Waals surface area contributed by atoms with Crippen molar-refractivity contribution in [2.75, 3.05) is 0 Å². The Morgan fingerprint density at radius 1 is 1.00 bits per heavy atom. The highest BCUT2D eigenvalue weighted by Crippen LogP contribution is 2.40. The molecule has 0 aliphatic carbocycles. The van der Waals surface area contributed by atoms with E-state index in [4.69, 9.17) is 16.3 Å². The van der Waals surface area contributed by atoms with E-state index < -0.39 is 0 Å². The van der Waals surface area contributed by atoms with Gasteiger partial charge in [-0.3, -0.25) is 4.79 Å². The van der Waals surface area contributed by atoms with Crippen LogP contribution in [0.2, 0.25) is 5.02 Å². The van der Waals surface area contributed by atoms with Gasteiger partial charge in [0.2, 0.25) is 0 Å². The third-order valence-electron chi connectivity index (χ3n) is 3.01. The summed E-state index contributed by atoms with van der Waals surface area (Å²) in [5.74, 6) is 0.0144. The lowest BCUT2D eigenvalue weighted by molar-refractivity contribution is 0.0953. The van der Waals surface area contributed by atoms with Crippen molar-refractivity contribution < 1.29 is 9.53 Å². The molecule has 3 heteroatoms. The average Bonchev–Trinajstić information content (AvgIpc) is 3.20. The standard InChI is InChI=1S/C15H11ClO2/c16-12-8-6-10(7-9-12)13(17)15-14(18-15)11-4-2-1-3-5-11/h1-9,14-15H/t14-,15-/m1/s1. The van der Waals surface area contributed by atoms with Crippen molar-refractivity contribution in [2.24, 2.45) is 0 Å². The van der Waals surface area contributed by atoms with Crippen molar-refractivity contribution in [3.63, 3.8) is 0 Å². The molecule has 1 aliphatic rings. The second kappa shape index (κ2) is 4.56. The molecule has 0 N–H and O–H groups in total. The first-order chi connectivity index (χ1) is 8.75. The van der Waals surface area contributed by atoms with Crippen LogP contribution >= 0.6 is 11.6 Å². The van der Waals surface area contributed by atoms with Crippen molar-refractivity contribution >= 4 is 17.4 Å². The number of ketones is 1. The summed E-state index contributed by atoms with van der Waals surface area (Å²) in [5.41, 5.74) is 1.69. The van der Waals surface area contributed by atoms with Crippen LogP contribution < -0.4 is 0 Å². The van der Waals surface area contributed by atoms with E-state index in [1.807, 2.05) is 30.3 Å². The molecule has 0 saturated carbocycles. The summed E-state index contributed by atoms with van der Waals surface area (Å²) in [7, 11) is 0. The number of epoxide rings is 1. The highest BCUT2D eigenvalue weighted by atomic mass is 35.5. The van der Waals surface area contributed by atoms with E-state index in [2.05, 4.69) is 0 Å². The summed E-state index contributed by atoms with van der Waals surface area (Å²) >= 11 is 5.79. The number of ether oxygens (including phenoxy) is 1. The Balaban J connectivity index is 1.75. The molecule has 18 heavy (non-hydrogen) atoms. The minimum Gasteiger partial charge on any atom is -0.356 e. The van der Waals surface area contributed by atoms with E-state index in [0.29, 0.717) is 10.6 Å². The van der Waals surface area contributed by atoms with Crippen molar-refractivity contribution in [3.05, 3.63) is 70.7 Å². The van der Waals surface area contributed by atoms with Crippen molar-refractivity contribution in [3.8, 4) is 0 Å². The Hall–Kier alpha value is -1.64. The Morgan fingerprint density at radius 3 is 2.33 bits per heavy atom. The zero-order chi connectivity index (χ0) is 12.5. The van der Waals surface area contributed by atoms with E-state index in [1.54, 1.807) is 24.3 Å². The first kappa shape index (κ1) is 11.5. The molecule has 2 atom stereocenters. The van der Waals surface area contributed by atoms with Gasteiger partial charge in [-0.1, -0.05) is 41.9 Å². The van der Waals surface area contributed by atoms with Crippen molar-refractivity contribution in [1.82, 2.24) is 0 Å². The van der Waals surface area contributed by atoms with Crippen LogP contribution in [0.25, 0.3) is 0 Å². The van der Waals surface area contributed by atoms with Gasteiger partial charge in [0.15, 0.2) is 11.9 Å². The van der Waals surface area contributed by atoms with Gasteiger partial charge in [-0.05, 0) is 29.8 Å². The van der Waals surface area contributed by atoms with Crippen molar-refractivity contribution in [1.29, 1.82) is 0 Å². The van der Waals surface area contributed by atoms with Gasteiger partial charge in [0.25, 0.3) is 0 Å². The van der Waals surface area contributed by atoms with E-state index in [-0.39, 0.29) is 18.0 Å². The second-order valence-electron chi connectivity index (χ2n) is 4.26. The molecule has 0 aromatic heterocycles. The zero-order valence-corrected chi connectivity index (χ0v) is 10.3. The highest BCUT2D eigenvalue weighted by molar-refractivity contribution is 6.30. The van der Waals surface area contributed by atoms with Crippen molar-refractivity contribution in [2.45, 2.75) is 12.2 Å². The number of hydrogen-bond donors (Lipinski definition) is 0. The van der Waals surface area contributed by atoms with Gasteiger partial charge >= 0.3 is 0 Å². The minimum atomic E-state index is -0.353. The lowest BCUT2D eigenvalue weighted by Gasteiger charge is -1.98. The first-order valence-electron chi connectivity index (χ1n) is 5.76. The van der Waals surface area contributed by atoms with Gasteiger partial charge in [-0.15, -0.1) is 0 Å². The van der Waals surface area contributed by atoms with Gasteiger partial charge < -0.3 is 4.74 Å². The quantitative estimate of drug-likeness (QED) is 0.621. The summed E-state index contributed by atoms with van der Waals surface area (Å²) in [5, 5.41) is 0.628. The van der Waals surface area contributed by atoms with E-state index in [1.165, 1.54) is 0 Å². The smallest absolute Gasteiger partial charge is 0.194 e. The molecule has 2 aromatic carbocycles. The minimum absolute atomic E-state index is 0.0144. The number of rotatable bonds is 3. The molecule has 3 rings (SSSR count). The fourth-order valence-corrected chi connectivity index (χ4v) is 2.11. The maximum Gasteiger partial charge on any atom is 0.194 e. The number of benzene rings is 2. The first-order valence-corrected chi connectivity index (χ1v) is 6.14. The maximum absolute atomic E-state index is 12.1. The third-order valence-corrected chi connectivity index (χ3v) is 3.26. The molecule has 90 valence electrons. The van der Waals surface area contributed by atoms with Crippen LogP contribution in [0.15, 0.2) is 54.6 Å². The van der Waals surface area contributed by atoms with Crippen LogP contribution in [0, 0.1) is 0 Å². The summed E-state index contributed by atoms with van der Waals surface area (Å²) in [4.78, 5) is 12.1. The van der Waals surface area contributed by atoms with E-state index in [0.717, 1.165) is 5.56 Å². The molecule has 2 aromatic rings. The van der Waals surface area contributed by atoms with Gasteiger partial charge in [0.1, 0.15) is 6.10 Å². The van der Waals surface area contributed by atoms with Gasteiger partial charge in [0.05, 0.1) is 0 Å². The third kappa shape index (κ3) is 2.17. The lowest BCUT2D eigenvalue weighted by atomic mass is 10.0. The molecule has 1 fully saturated rings. The summed E-state index contributed by atoms with van der Waals surface area (Å²) in [6.45, 7) is 0. The Kier molecular flexibility index (Phi) is 2.90. The molecular weight excluding hydrogens is 248 g/mol. The van der Waals surface area contributed by atoms with Crippen LogP contribution in [0.3, 0.4) is 0 Å². The van der Waals surface area contributed by atoms with Gasteiger partial charge in [-0.2, -0.15) is 0 Å². The predicted octanol–water partition coefficient (Wildman–Crippen LogP) is 3.66. The Bertz CT molecular complexity index is 563. The molecule has 0 amide bonds. The van der Waals surface area contributed by atoms with Crippen LogP contribution in [0.5, 0.6) is 0 Å². The zero-order valence-electron chi connectivity index (χ0n) is 9.55. The molecule has 0 spiro atoms. The number of carbonyl (C=O) groups excluding carboxylic acids is 1. The number of hydrogen-bond acceptors (Lipinski definition) is 2. The molecule has 1 heterocycles. The molecule has 2 nitrogen and oxygen atoms in total. The van der Waals surface area contributed by atoms with Crippen LogP contribution in [0.1, 0.15) is 22.0 Å². The van der Waals surface area contributed by atoms with E-state index >= 15 is 0 Å². The van der Waals surface area contributed by atoms with Crippen LogP contribution in [0.4, 0.5) is 0 Å². The van der Waals surface area contributed by atoms with Gasteiger partial charge in [-0.25, -0.2) is 0 Å². The Morgan fingerprint density at radius 2 is 1.67 bits per heavy atom. The topological polar surface area (TPSA) is 29.6 Å². The molecule has 0 bridgehead atoms. The van der Waals surface area contributed by atoms with Gasteiger partial charge in [0, 0.05) is 10.6 Å².